The molecule has 0 radical (unpaired) electrons. The maximum Gasteiger partial charge on any atom is 0.303 e. The number of nitrogens with one attached hydrogen (secondary N) is 1. The van der Waals surface area contributed by atoms with E-state index in [0.717, 1.165) is 37.7 Å². The third kappa shape index (κ3) is 7.69. The molecule has 0 bridgehead atoms. The Morgan fingerprint density at radius 2 is 2.07 bits per heavy atom. The van der Waals surface area contributed by atoms with E-state index in [1.807, 2.05) is 37.3 Å². The minimum atomic E-state index is -0.877. The van der Waals surface area contributed by atoms with Gasteiger partial charge in [-0.3, -0.25) is 9.59 Å². The topological polar surface area (TPSA) is 113 Å². The third-order valence-corrected chi connectivity index (χ3v) is 5.45. The summed E-state index contributed by atoms with van der Waals surface area (Å²) in [6.45, 7) is 4.52. The lowest BCUT2D eigenvalue weighted by Crippen LogP contribution is -2.48. The van der Waals surface area contributed by atoms with Gasteiger partial charge in [-0.25, -0.2) is 0 Å². The van der Waals surface area contributed by atoms with Crippen LogP contribution in [0.4, 0.5) is 0 Å². The van der Waals surface area contributed by atoms with Crippen molar-refractivity contribution in [2.24, 2.45) is 17.0 Å². The molecular weight excluding hydrogens is 384 g/mol. The first kappa shape index (κ1) is 23.7. The number of carbonyl (C=O) groups excluding carboxylic acids is 2. The summed E-state index contributed by atoms with van der Waals surface area (Å²) in [5.41, 5.74) is 9.70. The van der Waals surface area contributed by atoms with Gasteiger partial charge in [0.25, 0.3) is 5.91 Å². The van der Waals surface area contributed by atoms with Crippen molar-refractivity contribution < 1.29 is 19.1 Å². The van der Waals surface area contributed by atoms with Crippen molar-refractivity contribution in [3.63, 3.8) is 0 Å². The molecule has 1 unspecified atom stereocenters. The van der Waals surface area contributed by atoms with Gasteiger partial charge in [0, 0.05) is 24.3 Å². The molecule has 1 saturated carbocycles. The van der Waals surface area contributed by atoms with E-state index >= 15 is 0 Å². The standard InChI is InChI=1S/C22H32N4O4/c1-3-8-19(15-29-14-17-9-5-4-6-10-17)25-22(28)21(30-16(2)27)20-12-7-11-18(20)13-24-26-23/h4-6,9-10,18-21H,3,7-8,11-15H2,1-2H3,(H,25,28)/t18-,19-,20-,21?/m0/s1. The molecule has 0 aliphatic heterocycles. The monoisotopic (exact) mass is 416 g/mol. The van der Waals surface area contributed by atoms with Crippen LogP contribution in [0.25, 0.3) is 10.4 Å². The van der Waals surface area contributed by atoms with Gasteiger partial charge in [-0.2, -0.15) is 0 Å². The van der Waals surface area contributed by atoms with Gasteiger partial charge < -0.3 is 14.8 Å². The summed E-state index contributed by atoms with van der Waals surface area (Å²) in [5.74, 6) is -0.899. The van der Waals surface area contributed by atoms with Gasteiger partial charge in [-0.05, 0) is 36.3 Å². The summed E-state index contributed by atoms with van der Waals surface area (Å²) in [5, 5.41) is 6.69. The van der Waals surface area contributed by atoms with Crippen LogP contribution in [0.3, 0.4) is 0 Å². The zero-order valence-corrected chi connectivity index (χ0v) is 17.8. The molecule has 1 fully saturated rings. The molecular formula is C22H32N4O4. The van der Waals surface area contributed by atoms with Gasteiger partial charge in [-0.1, -0.05) is 55.2 Å². The molecule has 1 N–H and O–H groups in total. The molecule has 8 nitrogen and oxygen atoms in total. The molecule has 2 rings (SSSR count). The summed E-state index contributed by atoms with van der Waals surface area (Å²) in [4.78, 5) is 27.6. The number of esters is 1. The number of amides is 1. The number of benzene rings is 1. The summed E-state index contributed by atoms with van der Waals surface area (Å²) >= 11 is 0. The quantitative estimate of drug-likeness (QED) is 0.239. The number of rotatable bonds is 12. The van der Waals surface area contributed by atoms with Crippen LogP contribution in [-0.2, 0) is 25.7 Å². The largest absolute Gasteiger partial charge is 0.452 e. The lowest BCUT2D eigenvalue weighted by Gasteiger charge is -2.28. The predicted molar refractivity (Wildman–Crippen MR) is 113 cm³/mol. The molecule has 164 valence electrons. The van der Waals surface area contributed by atoms with Crippen LogP contribution in [-0.4, -0.2) is 37.2 Å². The average Bonchev–Trinajstić information content (AvgIpc) is 3.19. The lowest BCUT2D eigenvalue weighted by atomic mass is 9.89. The molecule has 30 heavy (non-hydrogen) atoms. The number of nitrogens with zero attached hydrogens (tertiary/aromatic N) is 3. The Morgan fingerprint density at radius 3 is 2.73 bits per heavy atom. The van der Waals surface area contributed by atoms with Gasteiger partial charge >= 0.3 is 5.97 Å². The number of carbonyl (C=O) groups is 2. The number of ether oxygens (including phenoxy) is 2. The van der Waals surface area contributed by atoms with Crippen LogP contribution in [0.5, 0.6) is 0 Å². The summed E-state index contributed by atoms with van der Waals surface area (Å²) < 4.78 is 11.3. The predicted octanol–water partition coefficient (Wildman–Crippen LogP) is 4.15. The molecule has 0 spiro atoms. The van der Waals surface area contributed by atoms with Gasteiger partial charge in [0.05, 0.1) is 19.3 Å². The van der Waals surface area contributed by atoms with E-state index < -0.39 is 12.1 Å². The van der Waals surface area contributed by atoms with E-state index in [4.69, 9.17) is 15.0 Å². The highest BCUT2D eigenvalue weighted by atomic mass is 16.5. The van der Waals surface area contributed by atoms with Crippen molar-refractivity contribution in [2.45, 2.75) is 64.7 Å². The Balaban J connectivity index is 1.99. The van der Waals surface area contributed by atoms with Crippen LogP contribution in [0.1, 0.15) is 51.5 Å². The molecule has 1 aromatic rings. The smallest absolute Gasteiger partial charge is 0.303 e. The highest BCUT2D eigenvalue weighted by molar-refractivity contribution is 5.84. The highest BCUT2D eigenvalue weighted by Crippen LogP contribution is 2.36. The van der Waals surface area contributed by atoms with E-state index in [2.05, 4.69) is 15.3 Å². The first-order valence-electron chi connectivity index (χ1n) is 10.6. The van der Waals surface area contributed by atoms with E-state index in [1.54, 1.807) is 0 Å². The van der Waals surface area contributed by atoms with E-state index in [1.165, 1.54) is 6.92 Å². The van der Waals surface area contributed by atoms with Crippen molar-refractivity contribution in [2.75, 3.05) is 13.2 Å². The summed E-state index contributed by atoms with van der Waals surface area (Å²) in [7, 11) is 0. The first-order chi connectivity index (χ1) is 14.5. The molecule has 1 aliphatic carbocycles. The summed E-state index contributed by atoms with van der Waals surface area (Å²) in [6, 6.07) is 9.70. The van der Waals surface area contributed by atoms with Gasteiger partial charge in [-0.15, -0.1) is 0 Å². The average molecular weight is 417 g/mol. The maximum atomic E-state index is 13.1. The van der Waals surface area contributed by atoms with Gasteiger partial charge in [0.1, 0.15) is 0 Å². The van der Waals surface area contributed by atoms with Gasteiger partial charge in [0.2, 0.25) is 0 Å². The molecule has 0 saturated heterocycles. The molecule has 1 aliphatic rings. The summed E-state index contributed by atoms with van der Waals surface area (Å²) in [6.07, 6.45) is 3.31. The number of hydrogen-bond donors (Lipinski definition) is 1. The maximum absolute atomic E-state index is 13.1. The number of hydrogen-bond acceptors (Lipinski definition) is 5. The Bertz CT molecular complexity index is 721. The van der Waals surface area contributed by atoms with Crippen molar-refractivity contribution in [1.82, 2.24) is 5.32 Å². The van der Waals surface area contributed by atoms with Crippen LogP contribution in [0, 0.1) is 11.8 Å². The Kier molecular flexibility index (Phi) is 10.2. The zero-order chi connectivity index (χ0) is 21.8. The van der Waals surface area contributed by atoms with Crippen LogP contribution < -0.4 is 5.32 Å². The molecule has 8 heteroatoms. The molecule has 0 heterocycles. The third-order valence-electron chi connectivity index (χ3n) is 5.45. The molecule has 1 amide bonds. The van der Waals surface area contributed by atoms with Crippen molar-refractivity contribution in [3.05, 3.63) is 46.3 Å². The Hall–Kier alpha value is -2.57. The second-order valence-corrected chi connectivity index (χ2v) is 7.79. The van der Waals surface area contributed by atoms with E-state index in [0.29, 0.717) is 19.8 Å². The minimum absolute atomic E-state index is 0.0370. The fourth-order valence-corrected chi connectivity index (χ4v) is 4.07. The zero-order valence-electron chi connectivity index (χ0n) is 17.8. The van der Waals surface area contributed by atoms with E-state index in [-0.39, 0.29) is 23.8 Å². The lowest BCUT2D eigenvalue weighted by molar-refractivity contribution is -0.158. The van der Waals surface area contributed by atoms with Crippen LogP contribution in [0.15, 0.2) is 35.4 Å². The Labute approximate surface area is 177 Å². The molecule has 0 aromatic heterocycles. The van der Waals surface area contributed by atoms with Crippen molar-refractivity contribution in [1.29, 1.82) is 0 Å². The minimum Gasteiger partial charge on any atom is -0.452 e. The van der Waals surface area contributed by atoms with Crippen molar-refractivity contribution in [3.8, 4) is 0 Å². The van der Waals surface area contributed by atoms with Crippen molar-refractivity contribution >= 4 is 11.9 Å². The fraction of sp³-hybridized carbons (Fsp3) is 0.636. The molecule has 4 atom stereocenters. The van der Waals surface area contributed by atoms with Crippen LogP contribution >= 0.6 is 0 Å². The highest BCUT2D eigenvalue weighted by Gasteiger charge is 2.39. The first-order valence-corrected chi connectivity index (χ1v) is 10.6. The SMILES string of the molecule is CCC[C@@H](COCc1ccccc1)NC(=O)C(OC(C)=O)[C@H]1CCC[C@H]1CN=[N+]=[N-]. The normalized spacial score (nSPS) is 20.1. The molecule has 1 aromatic carbocycles. The van der Waals surface area contributed by atoms with Gasteiger partial charge in [0.15, 0.2) is 6.10 Å². The second-order valence-electron chi connectivity index (χ2n) is 7.79. The second kappa shape index (κ2) is 12.9. The van der Waals surface area contributed by atoms with E-state index in [9.17, 15) is 9.59 Å². The fourth-order valence-electron chi connectivity index (χ4n) is 4.07. The Morgan fingerprint density at radius 1 is 1.30 bits per heavy atom. The number of azide groups is 1. The van der Waals surface area contributed by atoms with Crippen LogP contribution in [0.2, 0.25) is 0 Å².